The van der Waals surface area contributed by atoms with Gasteiger partial charge in [0.2, 0.25) is 0 Å². The van der Waals surface area contributed by atoms with Gasteiger partial charge in [0, 0.05) is 37.3 Å². The number of nitrogens with zero attached hydrogens (tertiary/aromatic N) is 4. The molecule has 4 heteroatoms. The topological polar surface area (TPSA) is 35.6 Å². The van der Waals surface area contributed by atoms with Crippen molar-refractivity contribution in [2.24, 2.45) is 0 Å². The van der Waals surface area contributed by atoms with E-state index in [0.717, 1.165) is 18.1 Å². The van der Waals surface area contributed by atoms with Crippen molar-refractivity contribution in [1.82, 2.24) is 19.3 Å². The fraction of sp³-hybridized carbons (Fsp3) is 0.217. The molecule has 1 atom stereocenters. The Morgan fingerprint density at radius 3 is 2.48 bits per heavy atom. The van der Waals surface area contributed by atoms with Crippen LogP contribution in [-0.2, 0) is 6.54 Å². The molecule has 27 heavy (non-hydrogen) atoms. The van der Waals surface area contributed by atoms with Crippen LogP contribution in [0.5, 0.6) is 0 Å². The third kappa shape index (κ3) is 3.43. The zero-order valence-electron chi connectivity index (χ0n) is 16.0. The number of aromatic nitrogens is 4. The summed E-state index contributed by atoms with van der Waals surface area (Å²) in [5.74, 6) is 1.35. The number of rotatable bonds is 5. The lowest BCUT2D eigenvalue weighted by Crippen LogP contribution is -2.10. The minimum absolute atomic E-state index is 0.253. The molecule has 2 aromatic carbocycles. The lowest BCUT2D eigenvalue weighted by molar-refractivity contribution is 0.687. The molecule has 0 bridgehead atoms. The van der Waals surface area contributed by atoms with Crippen LogP contribution in [0.15, 0.2) is 73.3 Å². The Kier molecular flexibility index (Phi) is 4.63. The highest BCUT2D eigenvalue weighted by atomic mass is 15.3. The maximum absolute atomic E-state index is 4.67. The Morgan fingerprint density at radius 1 is 0.926 bits per heavy atom. The summed E-state index contributed by atoms with van der Waals surface area (Å²) in [6.07, 6.45) is 7.71. The first kappa shape index (κ1) is 17.3. The second-order valence-electron chi connectivity index (χ2n) is 7.04. The van der Waals surface area contributed by atoms with Crippen LogP contribution in [0, 0.1) is 13.8 Å². The molecule has 2 heterocycles. The molecule has 0 fully saturated rings. The molecule has 136 valence electrons. The van der Waals surface area contributed by atoms with E-state index < -0.39 is 0 Å². The standard InChI is InChI=1S/C23H24N4/c1-17-6-4-7-22(18(17)2)19(3)23-24-13-15-26(23)16-20-8-10-21(11-9-20)27-14-5-12-25-27/h4-15,19H,16H2,1-3H3/t19-/m0/s1. The highest BCUT2D eigenvalue weighted by Gasteiger charge is 2.17. The van der Waals surface area contributed by atoms with Gasteiger partial charge in [0.05, 0.1) is 5.69 Å². The molecule has 0 saturated carbocycles. The zero-order chi connectivity index (χ0) is 18.8. The van der Waals surface area contributed by atoms with E-state index in [4.69, 9.17) is 0 Å². The smallest absolute Gasteiger partial charge is 0.116 e. The van der Waals surface area contributed by atoms with Gasteiger partial charge in [-0.3, -0.25) is 0 Å². The number of aryl methyl sites for hydroxylation is 1. The molecular formula is C23H24N4. The number of hydrogen-bond acceptors (Lipinski definition) is 2. The van der Waals surface area contributed by atoms with Crippen molar-refractivity contribution in [3.05, 3.63) is 101 Å². The SMILES string of the molecule is Cc1cccc([C@H](C)c2nccn2Cc2ccc(-n3cccn3)cc2)c1C. The first-order valence-corrected chi connectivity index (χ1v) is 9.29. The minimum Gasteiger partial charge on any atom is -0.330 e. The summed E-state index contributed by atoms with van der Waals surface area (Å²) >= 11 is 0. The molecule has 0 N–H and O–H groups in total. The Labute approximate surface area is 160 Å². The Hall–Kier alpha value is -3.14. The van der Waals surface area contributed by atoms with Gasteiger partial charge in [-0.05, 0) is 54.3 Å². The quantitative estimate of drug-likeness (QED) is 0.510. The van der Waals surface area contributed by atoms with E-state index in [2.05, 4.69) is 84.1 Å². The zero-order valence-corrected chi connectivity index (χ0v) is 16.0. The van der Waals surface area contributed by atoms with Crippen molar-refractivity contribution in [3.63, 3.8) is 0 Å². The Balaban J connectivity index is 1.58. The molecule has 0 spiro atoms. The average Bonchev–Trinajstić information content (AvgIpc) is 3.36. The summed E-state index contributed by atoms with van der Waals surface area (Å²) in [5, 5.41) is 4.28. The molecule has 0 aliphatic rings. The van der Waals surface area contributed by atoms with Gasteiger partial charge >= 0.3 is 0 Å². The molecule has 0 unspecified atom stereocenters. The van der Waals surface area contributed by atoms with E-state index in [0.29, 0.717) is 0 Å². The van der Waals surface area contributed by atoms with Gasteiger partial charge < -0.3 is 4.57 Å². The van der Waals surface area contributed by atoms with E-state index in [9.17, 15) is 0 Å². The van der Waals surface area contributed by atoms with Gasteiger partial charge in [0.25, 0.3) is 0 Å². The van der Waals surface area contributed by atoms with Crippen molar-refractivity contribution >= 4 is 0 Å². The van der Waals surface area contributed by atoms with Crippen molar-refractivity contribution in [2.75, 3.05) is 0 Å². The van der Waals surface area contributed by atoms with Gasteiger partial charge in [-0.1, -0.05) is 37.3 Å². The highest BCUT2D eigenvalue weighted by Crippen LogP contribution is 2.27. The summed E-state index contributed by atoms with van der Waals surface area (Å²) in [6, 6.07) is 17.0. The van der Waals surface area contributed by atoms with E-state index >= 15 is 0 Å². The van der Waals surface area contributed by atoms with Crippen LogP contribution in [0.25, 0.3) is 5.69 Å². The molecule has 0 aliphatic carbocycles. The molecule has 4 nitrogen and oxygen atoms in total. The molecule has 2 aromatic heterocycles. The Bertz CT molecular complexity index is 1030. The van der Waals surface area contributed by atoms with E-state index in [-0.39, 0.29) is 5.92 Å². The fourth-order valence-electron chi connectivity index (χ4n) is 3.59. The largest absolute Gasteiger partial charge is 0.330 e. The summed E-state index contributed by atoms with van der Waals surface area (Å²) in [4.78, 5) is 4.67. The van der Waals surface area contributed by atoms with Gasteiger partial charge in [0.1, 0.15) is 5.82 Å². The van der Waals surface area contributed by atoms with Crippen LogP contribution in [0.2, 0.25) is 0 Å². The lowest BCUT2D eigenvalue weighted by Gasteiger charge is -2.18. The van der Waals surface area contributed by atoms with Crippen molar-refractivity contribution < 1.29 is 0 Å². The van der Waals surface area contributed by atoms with Crippen LogP contribution < -0.4 is 0 Å². The van der Waals surface area contributed by atoms with Crippen LogP contribution in [0.4, 0.5) is 0 Å². The number of imidazole rings is 1. The van der Waals surface area contributed by atoms with Gasteiger partial charge in [-0.2, -0.15) is 5.10 Å². The predicted molar refractivity (Wildman–Crippen MR) is 108 cm³/mol. The molecule has 0 radical (unpaired) electrons. The van der Waals surface area contributed by atoms with E-state index in [1.807, 2.05) is 23.1 Å². The maximum Gasteiger partial charge on any atom is 0.116 e. The summed E-state index contributed by atoms with van der Waals surface area (Å²) < 4.78 is 4.12. The third-order valence-electron chi connectivity index (χ3n) is 5.31. The van der Waals surface area contributed by atoms with E-state index in [1.54, 1.807) is 6.20 Å². The van der Waals surface area contributed by atoms with Crippen LogP contribution in [0.3, 0.4) is 0 Å². The maximum atomic E-state index is 4.67. The van der Waals surface area contributed by atoms with Crippen molar-refractivity contribution in [1.29, 1.82) is 0 Å². The van der Waals surface area contributed by atoms with Crippen molar-refractivity contribution in [3.8, 4) is 5.69 Å². The average molecular weight is 356 g/mol. The number of benzene rings is 2. The third-order valence-corrected chi connectivity index (χ3v) is 5.31. The van der Waals surface area contributed by atoms with Crippen LogP contribution in [0.1, 0.15) is 40.9 Å². The van der Waals surface area contributed by atoms with Crippen LogP contribution >= 0.6 is 0 Å². The predicted octanol–water partition coefficient (Wildman–Crippen LogP) is 4.89. The number of hydrogen-bond donors (Lipinski definition) is 0. The molecule has 4 rings (SSSR count). The highest BCUT2D eigenvalue weighted by molar-refractivity contribution is 5.38. The molecule has 0 aliphatic heterocycles. The van der Waals surface area contributed by atoms with Gasteiger partial charge in [-0.25, -0.2) is 9.67 Å². The Morgan fingerprint density at radius 2 is 1.74 bits per heavy atom. The lowest BCUT2D eigenvalue weighted by atomic mass is 9.93. The van der Waals surface area contributed by atoms with E-state index in [1.165, 1.54) is 22.3 Å². The first-order valence-electron chi connectivity index (χ1n) is 9.29. The molecule has 0 amide bonds. The van der Waals surface area contributed by atoms with Gasteiger partial charge in [0.15, 0.2) is 0 Å². The first-order chi connectivity index (χ1) is 13.1. The second kappa shape index (κ2) is 7.23. The molecular weight excluding hydrogens is 332 g/mol. The monoisotopic (exact) mass is 356 g/mol. The second-order valence-corrected chi connectivity index (χ2v) is 7.04. The summed E-state index contributed by atoms with van der Waals surface area (Å²) in [5.41, 5.74) is 6.34. The van der Waals surface area contributed by atoms with Crippen molar-refractivity contribution in [2.45, 2.75) is 33.2 Å². The summed E-state index contributed by atoms with van der Waals surface area (Å²) in [7, 11) is 0. The fourth-order valence-corrected chi connectivity index (χ4v) is 3.59. The van der Waals surface area contributed by atoms with Crippen LogP contribution in [-0.4, -0.2) is 19.3 Å². The molecule has 4 aromatic rings. The minimum atomic E-state index is 0.253. The molecule has 0 saturated heterocycles. The van der Waals surface area contributed by atoms with Gasteiger partial charge in [-0.15, -0.1) is 0 Å². The normalized spacial score (nSPS) is 12.3. The summed E-state index contributed by atoms with van der Waals surface area (Å²) in [6.45, 7) is 7.41.